The number of nitrogens with two attached hydrogens (primary N) is 1. The average molecular weight is 584 g/mol. The first-order valence-corrected chi connectivity index (χ1v) is 12.5. The summed E-state index contributed by atoms with van der Waals surface area (Å²) in [6.07, 6.45) is 0.697. The van der Waals surface area contributed by atoms with Gasteiger partial charge in [0, 0.05) is 29.6 Å². The number of nitrogen functional groups attached to an aromatic ring is 1. The van der Waals surface area contributed by atoms with Gasteiger partial charge in [0.05, 0.1) is 36.5 Å². The zero-order chi connectivity index (χ0) is 30.1. The highest BCUT2D eigenvalue weighted by atomic mass is 19.4. The van der Waals surface area contributed by atoms with E-state index in [9.17, 15) is 31.5 Å². The summed E-state index contributed by atoms with van der Waals surface area (Å²) >= 11 is 0. The lowest BCUT2D eigenvalue weighted by atomic mass is 9.99. The third-order valence-corrected chi connectivity index (χ3v) is 6.36. The maximum atomic E-state index is 14.1. The Balaban J connectivity index is 1.28. The summed E-state index contributed by atoms with van der Waals surface area (Å²) in [5.41, 5.74) is 5.31. The Morgan fingerprint density at radius 3 is 2.45 bits per heavy atom. The van der Waals surface area contributed by atoms with Gasteiger partial charge < -0.3 is 20.4 Å². The predicted octanol–water partition coefficient (Wildman–Crippen LogP) is 5.43. The lowest BCUT2D eigenvalue weighted by Crippen LogP contribution is -2.58. The number of carbonyl (C=O) groups excluding carboxylic acids is 2. The van der Waals surface area contributed by atoms with Gasteiger partial charge in [-0.05, 0) is 60.2 Å². The van der Waals surface area contributed by atoms with Crippen molar-refractivity contribution in [2.45, 2.75) is 18.6 Å². The molecule has 0 aliphatic carbocycles. The van der Waals surface area contributed by atoms with Crippen LogP contribution in [0, 0.1) is 0 Å². The quantitative estimate of drug-likeness (QED) is 0.222. The van der Waals surface area contributed by atoms with Gasteiger partial charge in [-0.3, -0.25) is 14.6 Å². The van der Waals surface area contributed by atoms with Crippen molar-refractivity contribution < 1.29 is 36.0 Å². The molecule has 1 aliphatic heterocycles. The van der Waals surface area contributed by atoms with E-state index in [1.165, 1.54) is 54.7 Å². The number of amides is 2. The van der Waals surface area contributed by atoms with E-state index in [1.54, 1.807) is 12.1 Å². The van der Waals surface area contributed by atoms with Gasteiger partial charge in [-0.2, -0.15) is 13.2 Å². The lowest BCUT2D eigenvalue weighted by Gasteiger charge is -2.38. The summed E-state index contributed by atoms with van der Waals surface area (Å²) in [6.45, 7) is -1.44. The average Bonchev–Trinajstić information content (AvgIpc) is 3.42. The SMILES string of the molecule is Nc1ccc(/C=C/C(=O)NCc2ccc(-c3ccc(-c4ccc(C(=O)N5CC(F)(F)C5)cn4)cc3C(F)(F)F)o2)cn1. The van der Waals surface area contributed by atoms with Crippen LogP contribution in [0.4, 0.5) is 27.8 Å². The molecule has 0 bridgehead atoms. The summed E-state index contributed by atoms with van der Waals surface area (Å²) in [5.74, 6) is -3.48. The third-order valence-electron chi connectivity index (χ3n) is 6.36. The number of pyridine rings is 2. The molecule has 1 aromatic carbocycles. The number of halogens is 5. The largest absolute Gasteiger partial charge is 0.459 e. The van der Waals surface area contributed by atoms with E-state index in [2.05, 4.69) is 15.3 Å². The van der Waals surface area contributed by atoms with E-state index >= 15 is 0 Å². The van der Waals surface area contributed by atoms with Gasteiger partial charge in [-0.25, -0.2) is 13.8 Å². The number of alkyl halides is 5. The first-order chi connectivity index (χ1) is 19.9. The van der Waals surface area contributed by atoms with Crippen LogP contribution >= 0.6 is 0 Å². The second-order valence-corrected chi connectivity index (χ2v) is 9.54. The molecule has 0 saturated carbocycles. The normalized spacial score (nSPS) is 14.5. The van der Waals surface area contributed by atoms with Crippen LogP contribution in [-0.2, 0) is 17.5 Å². The Hall–Kier alpha value is -5.07. The minimum Gasteiger partial charge on any atom is -0.459 e. The van der Waals surface area contributed by atoms with Crippen LogP contribution in [0.2, 0.25) is 0 Å². The molecular weight excluding hydrogens is 561 g/mol. The molecule has 216 valence electrons. The standard InChI is InChI=1S/C29H22F5N5O3/c30-28(31)15-39(16-28)27(41)19-4-7-23(36-13-19)18-3-6-21(22(11-18)29(32,33)34)24-8-5-20(42-24)14-38-26(40)10-2-17-1-9-25(35)37-12-17/h1-13H,14-16H2,(H2,35,37)(H,38,40)/b10-2+. The Morgan fingerprint density at radius 2 is 1.81 bits per heavy atom. The molecule has 4 aromatic rings. The molecule has 8 nitrogen and oxygen atoms in total. The number of benzene rings is 1. The lowest BCUT2D eigenvalue weighted by molar-refractivity contribution is -0.137. The van der Waals surface area contributed by atoms with Crippen LogP contribution in [0.25, 0.3) is 28.7 Å². The van der Waals surface area contributed by atoms with Gasteiger partial charge in [-0.1, -0.05) is 6.07 Å². The molecule has 2 amide bonds. The van der Waals surface area contributed by atoms with E-state index in [4.69, 9.17) is 10.2 Å². The number of nitrogens with zero attached hydrogens (tertiary/aromatic N) is 3. The van der Waals surface area contributed by atoms with E-state index in [-0.39, 0.29) is 40.4 Å². The van der Waals surface area contributed by atoms with Crippen molar-refractivity contribution in [1.82, 2.24) is 20.2 Å². The molecule has 5 rings (SSSR count). The minimum atomic E-state index is -4.74. The summed E-state index contributed by atoms with van der Waals surface area (Å²) < 4.78 is 73.9. The number of hydrogen-bond acceptors (Lipinski definition) is 6. The van der Waals surface area contributed by atoms with Crippen LogP contribution in [0.15, 0.2) is 77.5 Å². The van der Waals surface area contributed by atoms with Gasteiger partial charge in [0.25, 0.3) is 11.8 Å². The van der Waals surface area contributed by atoms with Crippen molar-refractivity contribution >= 4 is 23.7 Å². The van der Waals surface area contributed by atoms with Gasteiger partial charge >= 0.3 is 6.18 Å². The summed E-state index contributed by atoms with van der Waals surface area (Å²) in [5, 5.41) is 2.59. The maximum Gasteiger partial charge on any atom is 0.417 e. The molecule has 13 heteroatoms. The number of furan rings is 1. The van der Waals surface area contributed by atoms with Crippen molar-refractivity contribution in [3.8, 4) is 22.6 Å². The van der Waals surface area contributed by atoms with Gasteiger partial charge in [0.1, 0.15) is 17.3 Å². The number of nitrogens with one attached hydrogen (secondary N) is 1. The highest BCUT2D eigenvalue weighted by Gasteiger charge is 2.46. The Bertz CT molecular complexity index is 1640. The fourth-order valence-electron chi connectivity index (χ4n) is 4.22. The summed E-state index contributed by atoms with van der Waals surface area (Å²) in [6, 6.07) is 12.4. The second kappa shape index (κ2) is 11.1. The summed E-state index contributed by atoms with van der Waals surface area (Å²) in [4.78, 5) is 33.4. The molecule has 1 fully saturated rings. The van der Waals surface area contributed by atoms with E-state index < -0.39 is 42.6 Å². The molecular formula is C29H22F5N5O3. The minimum absolute atomic E-state index is 0.0508. The first kappa shape index (κ1) is 28.5. The number of aromatic nitrogens is 2. The van der Waals surface area contributed by atoms with Crippen LogP contribution in [0.1, 0.15) is 27.2 Å². The van der Waals surface area contributed by atoms with Crippen LogP contribution in [0.3, 0.4) is 0 Å². The number of carbonyl (C=O) groups is 2. The van der Waals surface area contributed by atoms with Gasteiger partial charge in [-0.15, -0.1) is 0 Å². The molecule has 42 heavy (non-hydrogen) atoms. The van der Waals surface area contributed by atoms with Crippen molar-refractivity contribution in [3.63, 3.8) is 0 Å². The van der Waals surface area contributed by atoms with Crippen molar-refractivity contribution in [2.75, 3.05) is 18.8 Å². The molecule has 1 aliphatic rings. The topological polar surface area (TPSA) is 114 Å². The smallest absolute Gasteiger partial charge is 0.417 e. The molecule has 0 atom stereocenters. The fourth-order valence-corrected chi connectivity index (χ4v) is 4.22. The van der Waals surface area contributed by atoms with Gasteiger partial charge in [0.15, 0.2) is 0 Å². The van der Waals surface area contributed by atoms with Crippen LogP contribution < -0.4 is 11.1 Å². The maximum absolute atomic E-state index is 14.1. The molecule has 0 spiro atoms. The number of likely N-dealkylation sites (tertiary alicyclic amines) is 1. The monoisotopic (exact) mass is 583 g/mol. The Morgan fingerprint density at radius 1 is 1.02 bits per heavy atom. The van der Waals surface area contributed by atoms with E-state index in [0.717, 1.165) is 17.2 Å². The molecule has 1 saturated heterocycles. The molecule has 0 unspecified atom stereocenters. The van der Waals surface area contributed by atoms with Crippen LogP contribution in [-0.4, -0.2) is 45.7 Å². The number of anilines is 1. The van der Waals surface area contributed by atoms with Gasteiger partial charge in [0.2, 0.25) is 5.91 Å². The zero-order valence-corrected chi connectivity index (χ0v) is 21.7. The molecule has 3 N–H and O–H groups in total. The van der Waals surface area contributed by atoms with E-state index in [0.29, 0.717) is 11.4 Å². The first-order valence-electron chi connectivity index (χ1n) is 12.5. The number of rotatable bonds is 7. The van der Waals surface area contributed by atoms with E-state index in [1.807, 2.05) is 0 Å². The fraction of sp³-hybridized carbons (Fsp3) is 0.172. The third kappa shape index (κ3) is 6.45. The predicted molar refractivity (Wildman–Crippen MR) is 143 cm³/mol. The van der Waals surface area contributed by atoms with Crippen molar-refractivity contribution in [2.24, 2.45) is 0 Å². The highest BCUT2D eigenvalue weighted by molar-refractivity contribution is 5.95. The van der Waals surface area contributed by atoms with Crippen molar-refractivity contribution in [3.05, 3.63) is 95.5 Å². The number of hydrogen-bond donors (Lipinski definition) is 2. The zero-order valence-electron chi connectivity index (χ0n) is 21.7. The molecule has 0 radical (unpaired) electrons. The Labute approximate surface area is 235 Å². The highest BCUT2D eigenvalue weighted by Crippen LogP contribution is 2.40. The molecule has 4 heterocycles. The molecule has 3 aromatic heterocycles. The van der Waals surface area contributed by atoms with Crippen molar-refractivity contribution in [1.29, 1.82) is 0 Å². The second-order valence-electron chi connectivity index (χ2n) is 9.54. The van der Waals surface area contributed by atoms with Crippen LogP contribution in [0.5, 0.6) is 0 Å². The summed E-state index contributed by atoms with van der Waals surface area (Å²) in [7, 11) is 0. The Kier molecular flexibility index (Phi) is 7.50.